The Bertz CT molecular complexity index is 527. The molecule has 2 N–H and O–H groups in total. The molecule has 2 atom stereocenters. The van der Waals surface area contributed by atoms with E-state index >= 15 is 0 Å². The molecule has 0 bridgehead atoms. The van der Waals surface area contributed by atoms with Crippen molar-refractivity contribution in [3.63, 3.8) is 0 Å². The predicted molar refractivity (Wildman–Crippen MR) is 78.8 cm³/mol. The molecule has 19 heavy (non-hydrogen) atoms. The molecule has 1 aliphatic rings. The van der Waals surface area contributed by atoms with Gasteiger partial charge in [-0.15, -0.1) is 0 Å². The first kappa shape index (κ1) is 14.9. The van der Waals surface area contributed by atoms with Crippen molar-refractivity contribution < 1.29 is 8.42 Å². The monoisotopic (exact) mass is 303 g/mol. The molecule has 0 saturated carbocycles. The number of sulfonamides is 1. The van der Waals surface area contributed by atoms with E-state index in [0.29, 0.717) is 23.2 Å². The summed E-state index contributed by atoms with van der Waals surface area (Å²) >= 11 is 1.83. The number of aromatic nitrogens is 1. The zero-order chi connectivity index (χ0) is 14.0. The van der Waals surface area contributed by atoms with Crippen LogP contribution in [0, 0.1) is 0 Å². The maximum atomic E-state index is 12.6. The van der Waals surface area contributed by atoms with Crippen molar-refractivity contribution >= 4 is 21.8 Å². The molecule has 0 amide bonds. The van der Waals surface area contributed by atoms with Gasteiger partial charge < -0.3 is 10.3 Å². The predicted octanol–water partition coefficient (Wildman–Crippen LogP) is 1.25. The number of rotatable bonds is 4. The van der Waals surface area contributed by atoms with Crippen molar-refractivity contribution in [2.75, 3.05) is 19.3 Å². The van der Waals surface area contributed by atoms with E-state index in [1.54, 1.807) is 16.6 Å². The molecule has 0 spiro atoms. The minimum atomic E-state index is -3.38. The second-order valence-electron chi connectivity index (χ2n) is 4.82. The molecule has 0 aliphatic carbocycles. The maximum Gasteiger partial charge on any atom is 0.244 e. The Morgan fingerprint density at radius 1 is 1.53 bits per heavy atom. The molecule has 1 saturated heterocycles. The minimum absolute atomic E-state index is 0.0337. The Morgan fingerprint density at radius 2 is 2.26 bits per heavy atom. The van der Waals surface area contributed by atoms with Gasteiger partial charge in [-0.05, 0) is 20.0 Å². The average molecular weight is 303 g/mol. The van der Waals surface area contributed by atoms with Crippen molar-refractivity contribution in [2.24, 2.45) is 0 Å². The molecular formula is C12H21N3O2S2. The number of hydrogen-bond donors (Lipinski definition) is 2. The van der Waals surface area contributed by atoms with Crippen LogP contribution < -0.4 is 5.32 Å². The Labute approximate surface area is 119 Å². The zero-order valence-corrected chi connectivity index (χ0v) is 13.1. The summed E-state index contributed by atoms with van der Waals surface area (Å²) in [5.41, 5.74) is 0.883. The SMILES string of the molecule is CNCc1cc(S(=O)(=O)N2CCSC(C)C2C)c[nH]1. The highest BCUT2D eigenvalue weighted by molar-refractivity contribution is 8.00. The molecule has 108 valence electrons. The van der Waals surface area contributed by atoms with Gasteiger partial charge in [0.2, 0.25) is 10.0 Å². The summed E-state index contributed by atoms with van der Waals surface area (Å²) in [5, 5.41) is 3.33. The number of aromatic amines is 1. The van der Waals surface area contributed by atoms with E-state index in [-0.39, 0.29) is 6.04 Å². The Kier molecular flexibility index (Phi) is 4.60. The van der Waals surface area contributed by atoms with Crippen LogP contribution in [-0.4, -0.2) is 48.3 Å². The van der Waals surface area contributed by atoms with Crippen LogP contribution in [0.4, 0.5) is 0 Å². The van der Waals surface area contributed by atoms with Crippen molar-refractivity contribution in [2.45, 2.75) is 36.6 Å². The summed E-state index contributed by atoms with van der Waals surface area (Å²) in [6.07, 6.45) is 1.58. The third-order valence-corrected chi connectivity index (χ3v) is 6.82. The molecule has 0 aromatic carbocycles. The van der Waals surface area contributed by atoms with E-state index in [2.05, 4.69) is 17.2 Å². The van der Waals surface area contributed by atoms with Crippen LogP contribution in [0.1, 0.15) is 19.5 Å². The molecule has 2 unspecified atom stereocenters. The highest BCUT2D eigenvalue weighted by Crippen LogP contribution is 2.29. The Balaban J connectivity index is 2.25. The highest BCUT2D eigenvalue weighted by Gasteiger charge is 2.35. The van der Waals surface area contributed by atoms with E-state index in [9.17, 15) is 8.42 Å². The molecule has 1 aliphatic heterocycles. The largest absolute Gasteiger partial charge is 0.363 e. The Morgan fingerprint density at radius 3 is 2.95 bits per heavy atom. The summed E-state index contributed by atoms with van der Waals surface area (Å²) in [4.78, 5) is 3.37. The molecule has 7 heteroatoms. The number of H-pyrrole nitrogens is 1. The van der Waals surface area contributed by atoms with Gasteiger partial charge in [0.1, 0.15) is 0 Å². The van der Waals surface area contributed by atoms with Crippen LogP contribution in [0.3, 0.4) is 0 Å². The summed E-state index contributed by atoms with van der Waals surface area (Å²) in [6, 6.07) is 1.75. The number of nitrogens with zero attached hydrogens (tertiary/aromatic N) is 1. The van der Waals surface area contributed by atoms with Gasteiger partial charge in [-0.1, -0.05) is 6.92 Å². The molecule has 1 aromatic rings. The highest BCUT2D eigenvalue weighted by atomic mass is 32.2. The molecule has 1 aromatic heterocycles. The van der Waals surface area contributed by atoms with Crippen LogP contribution >= 0.6 is 11.8 Å². The van der Waals surface area contributed by atoms with Crippen molar-refractivity contribution in [1.29, 1.82) is 0 Å². The lowest BCUT2D eigenvalue weighted by Crippen LogP contribution is -2.47. The quantitative estimate of drug-likeness (QED) is 0.878. The van der Waals surface area contributed by atoms with Gasteiger partial charge in [-0.2, -0.15) is 16.1 Å². The summed E-state index contributed by atoms with van der Waals surface area (Å²) in [7, 11) is -1.55. The molecule has 2 rings (SSSR count). The third-order valence-electron chi connectivity index (χ3n) is 3.52. The van der Waals surface area contributed by atoms with Crippen LogP contribution in [-0.2, 0) is 16.6 Å². The van der Waals surface area contributed by atoms with Crippen LogP contribution in [0.2, 0.25) is 0 Å². The third kappa shape index (κ3) is 2.99. The number of hydrogen-bond acceptors (Lipinski definition) is 4. The van der Waals surface area contributed by atoms with E-state index in [1.165, 1.54) is 0 Å². The normalized spacial score (nSPS) is 25.6. The standard InChI is InChI=1S/C12H21N3O2S2/c1-9-10(2)18-5-4-15(9)19(16,17)12-6-11(7-13-3)14-8-12/h6,8-10,13-14H,4-5,7H2,1-3H3. The fraction of sp³-hybridized carbons (Fsp3) is 0.667. The Hall–Kier alpha value is -0.500. The van der Waals surface area contributed by atoms with Crippen LogP contribution in [0.15, 0.2) is 17.2 Å². The second kappa shape index (κ2) is 5.87. The van der Waals surface area contributed by atoms with E-state index in [1.807, 2.05) is 25.7 Å². The summed E-state index contributed by atoms with van der Waals surface area (Å²) in [5.74, 6) is 0.860. The van der Waals surface area contributed by atoms with Gasteiger partial charge in [0.05, 0.1) is 4.90 Å². The lowest BCUT2D eigenvalue weighted by molar-refractivity contribution is 0.340. The van der Waals surface area contributed by atoms with Crippen molar-refractivity contribution in [1.82, 2.24) is 14.6 Å². The topological polar surface area (TPSA) is 65.2 Å². The summed E-state index contributed by atoms with van der Waals surface area (Å²) < 4.78 is 26.9. The van der Waals surface area contributed by atoms with Gasteiger partial charge in [0, 0.05) is 42.0 Å². The van der Waals surface area contributed by atoms with Crippen molar-refractivity contribution in [3.8, 4) is 0 Å². The molecule has 2 heterocycles. The van der Waals surface area contributed by atoms with Gasteiger partial charge >= 0.3 is 0 Å². The van der Waals surface area contributed by atoms with E-state index in [4.69, 9.17) is 0 Å². The smallest absolute Gasteiger partial charge is 0.244 e. The first-order valence-corrected chi connectivity index (χ1v) is 8.91. The van der Waals surface area contributed by atoms with Crippen molar-refractivity contribution in [3.05, 3.63) is 18.0 Å². The maximum absolute atomic E-state index is 12.6. The van der Waals surface area contributed by atoms with Gasteiger partial charge in [-0.3, -0.25) is 0 Å². The van der Waals surface area contributed by atoms with Crippen LogP contribution in [0.5, 0.6) is 0 Å². The van der Waals surface area contributed by atoms with Gasteiger partial charge in [0.15, 0.2) is 0 Å². The molecule has 1 fully saturated rings. The fourth-order valence-electron chi connectivity index (χ4n) is 2.24. The number of thioether (sulfide) groups is 1. The van der Waals surface area contributed by atoms with Gasteiger partial charge in [0.25, 0.3) is 0 Å². The summed E-state index contributed by atoms with van der Waals surface area (Å²) in [6.45, 7) is 5.29. The minimum Gasteiger partial charge on any atom is -0.363 e. The van der Waals surface area contributed by atoms with E-state index in [0.717, 1.165) is 11.4 Å². The molecular weight excluding hydrogens is 282 g/mol. The lowest BCUT2D eigenvalue weighted by atomic mass is 10.2. The average Bonchev–Trinajstić information content (AvgIpc) is 2.82. The first-order chi connectivity index (χ1) is 8.96. The van der Waals surface area contributed by atoms with E-state index < -0.39 is 10.0 Å². The zero-order valence-electron chi connectivity index (χ0n) is 11.5. The lowest BCUT2D eigenvalue weighted by Gasteiger charge is -2.36. The van der Waals surface area contributed by atoms with Crippen LogP contribution in [0.25, 0.3) is 0 Å². The fourth-order valence-corrected chi connectivity index (χ4v) is 5.25. The van der Waals surface area contributed by atoms with Gasteiger partial charge in [-0.25, -0.2) is 8.42 Å². The second-order valence-corrected chi connectivity index (χ2v) is 8.20. The molecule has 5 nitrogen and oxygen atoms in total. The molecule has 0 radical (unpaired) electrons. The first-order valence-electron chi connectivity index (χ1n) is 6.42. The number of nitrogens with one attached hydrogen (secondary N) is 2.